The van der Waals surface area contributed by atoms with Crippen molar-refractivity contribution in [3.8, 4) is 0 Å². The van der Waals surface area contributed by atoms with Crippen LogP contribution in [0.25, 0.3) is 10.9 Å². The topological polar surface area (TPSA) is 54.1 Å². The smallest absolute Gasteiger partial charge is 0.220 e. The molecule has 0 spiro atoms. The summed E-state index contributed by atoms with van der Waals surface area (Å²) in [6.07, 6.45) is 4.20. The molecule has 0 atom stereocenters. The molecule has 1 aromatic heterocycles. The number of aromatic amines is 1. The Morgan fingerprint density at radius 1 is 1.38 bits per heavy atom. The average Bonchev–Trinajstić information content (AvgIpc) is 2.86. The maximum Gasteiger partial charge on any atom is 0.220 e. The molecule has 0 fully saturated rings. The first-order valence-electron chi connectivity index (χ1n) is 7.61. The van der Waals surface area contributed by atoms with Crippen molar-refractivity contribution in [3.63, 3.8) is 0 Å². The number of nitrogens with one attached hydrogen (secondary N) is 2. The molecule has 0 bridgehead atoms. The fourth-order valence-electron chi connectivity index (χ4n) is 2.41. The lowest BCUT2D eigenvalue weighted by molar-refractivity contribution is -0.121. The number of aromatic nitrogens is 1. The molecule has 2 N–H and O–H groups in total. The van der Waals surface area contributed by atoms with E-state index in [4.69, 9.17) is 4.74 Å². The molecule has 0 aliphatic heterocycles. The minimum atomic E-state index is 0.102. The zero-order chi connectivity index (χ0) is 15.1. The van der Waals surface area contributed by atoms with Crippen LogP contribution >= 0.6 is 0 Å². The van der Waals surface area contributed by atoms with E-state index in [0.29, 0.717) is 26.2 Å². The van der Waals surface area contributed by atoms with Crippen molar-refractivity contribution in [2.24, 2.45) is 0 Å². The molecule has 1 aromatic carbocycles. The van der Waals surface area contributed by atoms with Gasteiger partial charge in [0.15, 0.2) is 0 Å². The van der Waals surface area contributed by atoms with Gasteiger partial charge in [-0.05, 0) is 43.9 Å². The first-order valence-corrected chi connectivity index (χ1v) is 7.61. The number of hydrogen-bond acceptors (Lipinski definition) is 2. The molecular formula is C17H24N2O2. The minimum absolute atomic E-state index is 0.102. The Balaban J connectivity index is 1.76. The normalized spacial score (nSPS) is 11.0. The minimum Gasteiger partial charge on any atom is -0.382 e. The van der Waals surface area contributed by atoms with Gasteiger partial charge in [-0.1, -0.05) is 12.1 Å². The number of amides is 1. The van der Waals surface area contributed by atoms with E-state index in [9.17, 15) is 4.79 Å². The van der Waals surface area contributed by atoms with Gasteiger partial charge >= 0.3 is 0 Å². The van der Waals surface area contributed by atoms with Crippen molar-refractivity contribution in [1.29, 1.82) is 0 Å². The second-order valence-corrected chi connectivity index (χ2v) is 5.26. The summed E-state index contributed by atoms with van der Waals surface area (Å²) in [5.41, 5.74) is 3.66. The van der Waals surface area contributed by atoms with Crippen LogP contribution in [0.2, 0.25) is 0 Å². The molecule has 21 heavy (non-hydrogen) atoms. The number of ether oxygens (including phenoxy) is 1. The summed E-state index contributed by atoms with van der Waals surface area (Å²) in [6.45, 7) is 6.09. The monoisotopic (exact) mass is 288 g/mol. The number of benzene rings is 1. The predicted molar refractivity (Wildman–Crippen MR) is 85.5 cm³/mol. The van der Waals surface area contributed by atoms with Crippen molar-refractivity contribution < 1.29 is 9.53 Å². The first kappa shape index (κ1) is 15.6. The predicted octanol–water partition coefficient (Wildman–Crippen LogP) is 2.95. The van der Waals surface area contributed by atoms with E-state index in [2.05, 4.69) is 35.4 Å². The van der Waals surface area contributed by atoms with E-state index >= 15 is 0 Å². The van der Waals surface area contributed by atoms with E-state index in [0.717, 1.165) is 18.4 Å². The van der Waals surface area contributed by atoms with Gasteiger partial charge in [0.05, 0.1) is 0 Å². The summed E-state index contributed by atoms with van der Waals surface area (Å²) in [5.74, 6) is 0.102. The maximum atomic E-state index is 11.7. The Labute approximate surface area is 125 Å². The maximum absolute atomic E-state index is 11.7. The second-order valence-electron chi connectivity index (χ2n) is 5.26. The van der Waals surface area contributed by atoms with E-state index in [1.54, 1.807) is 0 Å². The van der Waals surface area contributed by atoms with E-state index < -0.39 is 0 Å². The van der Waals surface area contributed by atoms with E-state index in [1.807, 2.05) is 13.1 Å². The standard InChI is InChI=1S/C17H24N2O2/c1-3-21-10-4-5-17(20)18-9-8-14-12-19-16-11-13(2)6-7-15(14)16/h6-7,11-12,19H,3-5,8-10H2,1-2H3,(H,18,20). The third-order valence-electron chi connectivity index (χ3n) is 3.54. The van der Waals surface area contributed by atoms with Gasteiger partial charge in [-0.25, -0.2) is 0 Å². The van der Waals surface area contributed by atoms with Crippen LogP contribution in [-0.4, -0.2) is 30.6 Å². The summed E-state index contributed by atoms with van der Waals surface area (Å²) >= 11 is 0. The molecule has 0 unspecified atom stereocenters. The molecule has 0 saturated heterocycles. The molecule has 4 heteroatoms. The second kappa shape index (κ2) is 7.84. The van der Waals surface area contributed by atoms with Gasteiger partial charge in [-0.3, -0.25) is 4.79 Å². The fourth-order valence-corrected chi connectivity index (χ4v) is 2.41. The molecule has 0 aliphatic rings. The van der Waals surface area contributed by atoms with Crippen molar-refractivity contribution >= 4 is 16.8 Å². The van der Waals surface area contributed by atoms with Crippen molar-refractivity contribution in [2.75, 3.05) is 19.8 Å². The number of carbonyl (C=O) groups excluding carboxylic acids is 1. The fraction of sp³-hybridized carbons (Fsp3) is 0.471. The van der Waals surface area contributed by atoms with Crippen LogP contribution in [-0.2, 0) is 16.0 Å². The summed E-state index contributed by atoms with van der Waals surface area (Å²) in [6, 6.07) is 6.40. The summed E-state index contributed by atoms with van der Waals surface area (Å²) < 4.78 is 5.22. The lowest BCUT2D eigenvalue weighted by Crippen LogP contribution is -2.25. The summed E-state index contributed by atoms with van der Waals surface area (Å²) in [5, 5.41) is 4.21. The molecule has 2 aromatic rings. The molecule has 1 amide bonds. The van der Waals surface area contributed by atoms with Crippen LogP contribution < -0.4 is 5.32 Å². The zero-order valence-electron chi connectivity index (χ0n) is 12.9. The molecule has 1 heterocycles. The lowest BCUT2D eigenvalue weighted by atomic mass is 10.1. The third-order valence-corrected chi connectivity index (χ3v) is 3.54. The van der Waals surface area contributed by atoms with Crippen LogP contribution in [0.1, 0.15) is 30.9 Å². The highest BCUT2D eigenvalue weighted by Gasteiger charge is 2.05. The lowest BCUT2D eigenvalue weighted by Gasteiger charge is -2.05. The van der Waals surface area contributed by atoms with Crippen LogP contribution in [0, 0.1) is 6.92 Å². The van der Waals surface area contributed by atoms with Crippen molar-refractivity contribution in [3.05, 3.63) is 35.5 Å². The van der Waals surface area contributed by atoms with Gasteiger partial charge in [0, 0.05) is 43.3 Å². The molecular weight excluding hydrogens is 264 g/mol. The SMILES string of the molecule is CCOCCCC(=O)NCCc1c[nH]c2cc(C)ccc12. The van der Waals surface area contributed by atoms with Crippen LogP contribution in [0.3, 0.4) is 0 Å². The van der Waals surface area contributed by atoms with Gasteiger partial charge < -0.3 is 15.0 Å². The number of aryl methyl sites for hydroxylation is 1. The molecule has 0 aliphatic carbocycles. The van der Waals surface area contributed by atoms with E-state index in [-0.39, 0.29) is 5.91 Å². The molecule has 2 rings (SSSR count). The highest BCUT2D eigenvalue weighted by molar-refractivity contribution is 5.84. The Hall–Kier alpha value is -1.81. The highest BCUT2D eigenvalue weighted by atomic mass is 16.5. The number of carbonyl (C=O) groups is 1. The Kier molecular flexibility index (Phi) is 5.81. The number of H-pyrrole nitrogens is 1. The number of rotatable bonds is 8. The quantitative estimate of drug-likeness (QED) is 0.734. The van der Waals surface area contributed by atoms with Gasteiger partial charge in [0.1, 0.15) is 0 Å². The van der Waals surface area contributed by atoms with Gasteiger partial charge in [0.2, 0.25) is 5.91 Å². The van der Waals surface area contributed by atoms with Crippen LogP contribution in [0.5, 0.6) is 0 Å². The number of hydrogen-bond donors (Lipinski definition) is 2. The van der Waals surface area contributed by atoms with Crippen molar-refractivity contribution in [1.82, 2.24) is 10.3 Å². The molecule has 114 valence electrons. The third kappa shape index (κ3) is 4.60. The number of fused-ring (bicyclic) bond motifs is 1. The van der Waals surface area contributed by atoms with E-state index in [1.165, 1.54) is 16.5 Å². The largest absolute Gasteiger partial charge is 0.382 e. The van der Waals surface area contributed by atoms with Crippen LogP contribution in [0.4, 0.5) is 0 Å². The molecule has 0 radical (unpaired) electrons. The Morgan fingerprint density at radius 2 is 2.24 bits per heavy atom. The summed E-state index contributed by atoms with van der Waals surface area (Å²) in [7, 11) is 0. The van der Waals surface area contributed by atoms with Gasteiger partial charge in [0.25, 0.3) is 0 Å². The summed E-state index contributed by atoms with van der Waals surface area (Å²) in [4.78, 5) is 15.0. The first-order chi connectivity index (χ1) is 10.2. The molecule has 4 nitrogen and oxygen atoms in total. The molecule has 0 saturated carbocycles. The Morgan fingerprint density at radius 3 is 3.05 bits per heavy atom. The van der Waals surface area contributed by atoms with Crippen molar-refractivity contribution in [2.45, 2.75) is 33.1 Å². The highest BCUT2D eigenvalue weighted by Crippen LogP contribution is 2.19. The van der Waals surface area contributed by atoms with Gasteiger partial charge in [-0.2, -0.15) is 0 Å². The average molecular weight is 288 g/mol. The Bertz CT molecular complexity index is 589. The zero-order valence-corrected chi connectivity index (χ0v) is 12.9. The van der Waals surface area contributed by atoms with Crippen LogP contribution in [0.15, 0.2) is 24.4 Å². The van der Waals surface area contributed by atoms with Gasteiger partial charge in [-0.15, -0.1) is 0 Å².